The van der Waals surface area contributed by atoms with Crippen molar-refractivity contribution in [1.82, 2.24) is 19.5 Å². The molecule has 0 amide bonds. The molecule has 0 radical (unpaired) electrons. The van der Waals surface area contributed by atoms with E-state index in [-0.39, 0.29) is 0 Å². The summed E-state index contributed by atoms with van der Waals surface area (Å²) in [7, 11) is 0. The Hall–Kier alpha value is -1.82. The Bertz CT molecular complexity index is 540. The summed E-state index contributed by atoms with van der Waals surface area (Å²) in [5, 5.41) is 4.15. The summed E-state index contributed by atoms with van der Waals surface area (Å²) >= 11 is 0. The van der Waals surface area contributed by atoms with Crippen LogP contribution in [0.2, 0.25) is 0 Å². The zero-order valence-electron chi connectivity index (χ0n) is 10.6. The molecule has 0 unspecified atom stereocenters. The van der Waals surface area contributed by atoms with Gasteiger partial charge >= 0.3 is 0 Å². The first-order valence-corrected chi connectivity index (χ1v) is 6.36. The molecule has 1 saturated heterocycles. The van der Waals surface area contributed by atoms with E-state index in [1.807, 2.05) is 12.3 Å². The molecule has 6 heteroatoms. The highest BCUT2D eigenvalue weighted by Crippen LogP contribution is 2.21. The van der Waals surface area contributed by atoms with Gasteiger partial charge in [0.2, 0.25) is 5.95 Å². The Morgan fingerprint density at radius 1 is 1.28 bits per heavy atom. The van der Waals surface area contributed by atoms with E-state index in [2.05, 4.69) is 32.9 Å². The number of pyridine rings is 1. The van der Waals surface area contributed by atoms with Gasteiger partial charge in [0.15, 0.2) is 5.65 Å². The largest absolute Gasteiger partial charge is 0.366 e. The maximum Gasteiger partial charge on any atom is 0.240 e. The highest BCUT2D eigenvalue weighted by atomic mass is 15.3. The average Bonchev–Trinajstić information content (AvgIpc) is 2.79. The zero-order chi connectivity index (χ0) is 12.5. The van der Waals surface area contributed by atoms with Crippen LogP contribution in [0.3, 0.4) is 0 Å². The molecule has 2 aromatic heterocycles. The minimum atomic E-state index is 0.328. The van der Waals surface area contributed by atoms with Gasteiger partial charge < -0.3 is 15.5 Å². The van der Waals surface area contributed by atoms with Crippen LogP contribution < -0.4 is 10.6 Å². The van der Waals surface area contributed by atoms with Gasteiger partial charge in [0.1, 0.15) is 0 Å². The molecular formula is C12H18N6. The third-order valence-corrected chi connectivity index (χ3v) is 3.52. The van der Waals surface area contributed by atoms with Gasteiger partial charge in [0.05, 0.1) is 5.69 Å². The lowest BCUT2D eigenvalue weighted by atomic mass is 10.2. The summed E-state index contributed by atoms with van der Waals surface area (Å²) in [6, 6.07) is 4.08. The minimum Gasteiger partial charge on any atom is -0.366 e. The van der Waals surface area contributed by atoms with E-state index in [1.165, 1.54) is 0 Å². The van der Waals surface area contributed by atoms with Crippen molar-refractivity contribution in [2.24, 2.45) is 0 Å². The second-order valence-corrected chi connectivity index (χ2v) is 4.55. The molecule has 0 atom stereocenters. The van der Waals surface area contributed by atoms with Crippen LogP contribution in [-0.2, 0) is 0 Å². The van der Waals surface area contributed by atoms with E-state index in [0.29, 0.717) is 5.95 Å². The van der Waals surface area contributed by atoms with Gasteiger partial charge in [0.25, 0.3) is 0 Å². The molecule has 96 valence electrons. The Kier molecular flexibility index (Phi) is 2.79. The molecule has 1 fully saturated rings. The summed E-state index contributed by atoms with van der Waals surface area (Å²) in [6.07, 6.45) is 1.88. The molecule has 3 heterocycles. The number of aromatic nitrogens is 3. The van der Waals surface area contributed by atoms with Crippen LogP contribution in [0.5, 0.6) is 0 Å². The van der Waals surface area contributed by atoms with Crippen molar-refractivity contribution >= 4 is 17.3 Å². The maximum absolute atomic E-state index is 5.66. The summed E-state index contributed by atoms with van der Waals surface area (Å²) in [5.41, 5.74) is 7.63. The van der Waals surface area contributed by atoms with Crippen molar-refractivity contribution in [3.8, 4) is 0 Å². The van der Waals surface area contributed by atoms with E-state index in [9.17, 15) is 0 Å². The van der Waals surface area contributed by atoms with E-state index in [4.69, 9.17) is 5.73 Å². The fraction of sp³-hybridized carbons (Fsp3) is 0.500. The number of piperazine rings is 1. The zero-order valence-corrected chi connectivity index (χ0v) is 10.6. The minimum absolute atomic E-state index is 0.328. The van der Waals surface area contributed by atoms with Crippen LogP contribution >= 0.6 is 0 Å². The average molecular weight is 246 g/mol. The van der Waals surface area contributed by atoms with E-state index < -0.39 is 0 Å². The topological polar surface area (TPSA) is 62.7 Å². The molecule has 0 aliphatic carbocycles. The third-order valence-electron chi connectivity index (χ3n) is 3.52. The summed E-state index contributed by atoms with van der Waals surface area (Å²) in [6.45, 7) is 7.58. The molecule has 2 N–H and O–H groups in total. The first-order valence-electron chi connectivity index (χ1n) is 6.36. The quantitative estimate of drug-likeness (QED) is 0.833. The Balaban J connectivity index is 1.90. The van der Waals surface area contributed by atoms with Gasteiger partial charge in [-0.2, -0.15) is 4.98 Å². The summed E-state index contributed by atoms with van der Waals surface area (Å²) in [5.74, 6) is 0.328. The number of anilines is 2. The Morgan fingerprint density at radius 3 is 2.78 bits per heavy atom. The van der Waals surface area contributed by atoms with Crippen LogP contribution in [0.1, 0.15) is 6.92 Å². The number of fused-ring (bicyclic) bond motifs is 1. The predicted molar refractivity (Wildman–Crippen MR) is 71.7 cm³/mol. The number of rotatable bonds is 2. The van der Waals surface area contributed by atoms with Crippen LogP contribution in [-0.4, -0.2) is 52.2 Å². The normalized spacial score (nSPS) is 17.5. The van der Waals surface area contributed by atoms with Crippen molar-refractivity contribution in [1.29, 1.82) is 0 Å². The lowest BCUT2D eigenvalue weighted by Gasteiger charge is -2.35. The van der Waals surface area contributed by atoms with Gasteiger partial charge in [-0.3, -0.25) is 0 Å². The van der Waals surface area contributed by atoms with Crippen molar-refractivity contribution in [2.75, 3.05) is 43.4 Å². The van der Waals surface area contributed by atoms with Gasteiger partial charge in [0, 0.05) is 32.4 Å². The van der Waals surface area contributed by atoms with Crippen molar-refractivity contribution in [3.63, 3.8) is 0 Å². The van der Waals surface area contributed by atoms with Crippen LogP contribution in [0.15, 0.2) is 18.3 Å². The van der Waals surface area contributed by atoms with Crippen molar-refractivity contribution in [3.05, 3.63) is 18.3 Å². The predicted octanol–water partition coefficient (Wildman–Crippen LogP) is 0.453. The Labute approximate surface area is 106 Å². The van der Waals surface area contributed by atoms with Crippen molar-refractivity contribution < 1.29 is 0 Å². The molecular weight excluding hydrogens is 228 g/mol. The highest BCUT2D eigenvalue weighted by molar-refractivity contribution is 5.69. The molecule has 18 heavy (non-hydrogen) atoms. The SMILES string of the molecule is CCN1CCN(c2cccn3nc(N)nc23)CC1. The number of nitrogens with zero attached hydrogens (tertiary/aromatic N) is 5. The molecule has 1 aliphatic rings. The van der Waals surface area contributed by atoms with E-state index in [1.54, 1.807) is 4.52 Å². The molecule has 0 bridgehead atoms. The lowest BCUT2D eigenvalue weighted by Crippen LogP contribution is -2.46. The molecule has 6 nitrogen and oxygen atoms in total. The highest BCUT2D eigenvalue weighted by Gasteiger charge is 2.18. The van der Waals surface area contributed by atoms with Crippen LogP contribution in [0.25, 0.3) is 5.65 Å². The fourth-order valence-corrected chi connectivity index (χ4v) is 2.46. The lowest BCUT2D eigenvalue weighted by molar-refractivity contribution is 0.271. The summed E-state index contributed by atoms with van der Waals surface area (Å²) in [4.78, 5) is 9.11. The number of hydrogen-bond donors (Lipinski definition) is 1. The van der Waals surface area contributed by atoms with Gasteiger partial charge in [-0.05, 0) is 18.7 Å². The molecule has 0 spiro atoms. The standard InChI is InChI=1S/C12H18N6/c1-2-16-6-8-17(9-7-16)10-4-3-5-18-11(10)14-12(13)15-18/h3-5H,2,6-9H2,1H3,(H2,13,15). The molecule has 2 aromatic rings. The molecule has 3 rings (SSSR count). The second-order valence-electron chi connectivity index (χ2n) is 4.55. The van der Waals surface area contributed by atoms with Crippen LogP contribution in [0.4, 0.5) is 11.6 Å². The van der Waals surface area contributed by atoms with Gasteiger partial charge in [-0.25, -0.2) is 4.52 Å². The summed E-state index contributed by atoms with van der Waals surface area (Å²) < 4.78 is 1.75. The number of nitrogens with two attached hydrogens (primary N) is 1. The van der Waals surface area contributed by atoms with Crippen LogP contribution in [0, 0.1) is 0 Å². The van der Waals surface area contributed by atoms with E-state index >= 15 is 0 Å². The fourth-order valence-electron chi connectivity index (χ4n) is 2.46. The van der Waals surface area contributed by atoms with Gasteiger partial charge in [-0.1, -0.05) is 6.92 Å². The molecule has 0 saturated carbocycles. The first-order chi connectivity index (χ1) is 8.78. The van der Waals surface area contributed by atoms with E-state index in [0.717, 1.165) is 44.1 Å². The molecule has 1 aliphatic heterocycles. The smallest absolute Gasteiger partial charge is 0.240 e. The molecule has 0 aromatic carbocycles. The third kappa shape index (κ3) is 1.88. The maximum atomic E-state index is 5.66. The number of hydrogen-bond acceptors (Lipinski definition) is 5. The Morgan fingerprint density at radius 2 is 2.06 bits per heavy atom. The number of likely N-dealkylation sites (N-methyl/N-ethyl adjacent to an activating group) is 1. The van der Waals surface area contributed by atoms with Crippen molar-refractivity contribution in [2.45, 2.75) is 6.92 Å². The van der Waals surface area contributed by atoms with Gasteiger partial charge in [-0.15, -0.1) is 5.10 Å². The number of nitrogen functional groups attached to an aromatic ring is 1. The second kappa shape index (κ2) is 4.45. The first kappa shape index (κ1) is 11.3. The monoisotopic (exact) mass is 246 g/mol.